The lowest BCUT2D eigenvalue weighted by atomic mass is 9.98. The number of rotatable bonds is 3. The van der Waals surface area contributed by atoms with Crippen LogP contribution in [0.15, 0.2) is 30.3 Å². The molecule has 0 aromatic heterocycles. The summed E-state index contributed by atoms with van der Waals surface area (Å²) in [6.07, 6.45) is -1.54. The van der Waals surface area contributed by atoms with Crippen LogP contribution in [-0.4, -0.2) is 12.2 Å². The van der Waals surface area contributed by atoms with Crippen molar-refractivity contribution in [3.05, 3.63) is 64.5 Å². The molecule has 2 rings (SSSR count). The van der Waals surface area contributed by atoms with Crippen molar-refractivity contribution in [1.29, 1.82) is 0 Å². The number of aryl methyl sites for hydroxylation is 1. The summed E-state index contributed by atoms with van der Waals surface area (Å²) in [5.41, 5.74) is -0.0974. The molecule has 0 amide bonds. The second kappa shape index (κ2) is 5.54. The molecule has 2 aromatic rings. The van der Waals surface area contributed by atoms with E-state index in [2.05, 4.69) is 0 Å². The molecule has 0 aliphatic carbocycles. The van der Waals surface area contributed by atoms with Gasteiger partial charge in [-0.2, -0.15) is 0 Å². The Morgan fingerprint density at radius 3 is 2.35 bits per heavy atom. The Kier molecular flexibility index (Phi) is 3.99. The van der Waals surface area contributed by atoms with Crippen LogP contribution in [0.4, 0.5) is 13.2 Å². The van der Waals surface area contributed by atoms with E-state index in [0.717, 1.165) is 12.1 Å². The molecule has 0 aliphatic heterocycles. The summed E-state index contributed by atoms with van der Waals surface area (Å²) in [7, 11) is 1.27. The van der Waals surface area contributed by atoms with Crippen LogP contribution in [0.1, 0.15) is 22.8 Å². The maximum Gasteiger partial charge on any atom is 0.165 e. The number of ether oxygens (including phenoxy) is 1. The van der Waals surface area contributed by atoms with Crippen molar-refractivity contribution in [3.8, 4) is 5.75 Å². The molecule has 0 heterocycles. The third-order valence-corrected chi connectivity index (χ3v) is 3.08. The molecule has 0 saturated heterocycles. The van der Waals surface area contributed by atoms with E-state index in [1.165, 1.54) is 32.2 Å². The monoisotopic (exact) mass is 282 g/mol. The third-order valence-electron chi connectivity index (χ3n) is 3.08. The average Bonchev–Trinajstić information content (AvgIpc) is 2.43. The number of benzene rings is 2. The lowest BCUT2D eigenvalue weighted by Crippen LogP contribution is -2.07. The Balaban J connectivity index is 2.51. The maximum atomic E-state index is 14.0. The van der Waals surface area contributed by atoms with Crippen LogP contribution in [0.25, 0.3) is 0 Å². The van der Waals surface area contributed by atoms with Crippen molar-refractivity contribution in [2.24, 2.45) is 0 Å². The van der Waals surface area contributed by atoms with E-state index >= 15 is 0 Å². The summed E-state index contributed by atoms with van der Waals surface area (Å²) in [5, 5.41) is 10.1. The summed E-state index contributed by atoms with van der Waals surface area (Å²) in [6, 6.07) is 5.90. The Morgan fingerprint density at radius 2 is 1.70 bits per heavy atom. The number of hydrogen-bond donors (Lipinski definition) is 1. The molecule has 2 nitrogen and oxygen atoms in total. The number of hydrogen-bond acceptors (Lipinski definition) is 2. The summed E-state index contributed by atoms with van der Waals surface area (Å²) in [5.74, 6) is -2.40. The van der Waals surface area contributed by atoms with Crippen LogP contribution in [-0.2, 0) is 0 Å². The molecule has 2 aromatic carbocycles. The molecule has 106 valence electrons. The smallest absolute Gasteiger partial charge is 0.165 e. The van der Waals surface area contributed by atoms with Gasteiger partial charge < -0.3 is 9.84 Å². The molecular formula is C15H13F3O2. The highest BCUT2D eigenvalue weighted by atomic mass is 19.1. The predicted molar refractivity (Wildman–Crippen MR) is 68.1 cm³/mol. The van der Waals surface area contributed by atoms with Gasteiger partial charge in [0.15, 0.2) is 11.6 Å². The quantitative estimate of drug-likeness (QED) is 0.933. The lowest BCUT2D eigenvalue weighted by Gasteiger charge is -2.15. The molecule has 0 spiro atoms. The topological polar surface area (TPSA) is 29.5 Å². The van der Waals surface area contributed by atoms with E-state index in [9.17, 15) is 18.3 Å². The number of methoxy groups -OCH3 is 1. The van der Waals surface area contributed by atoms with Gasteiger partial charge in [0.05, 0.1) is 12.7 Å². The van der Waals surface area contributed by atoms with Crippen LogP contribution >= 0.6 is 0 Å². The fourth-order valence-corrected chi connectivity index (χ4v) is 1.94. The number of halogens is 3. The number of aliphatic hydroxyl groups excluding tert-OH is 1. The third kappa shape index (κ3) is 2.49. The molecular weight excluding hydrogens is 269 g/mol. The van der Waals surface area contributed by atoms with Crippen molar-refractivity contribution in [2.75, 3.05) is 7.11 Å². The highest BCUT2D eigenvalue weighted by Gasteiger charge is 2.22. The minimum absolute atomic E-state index is 0.102. The highest BCUT2D eigenvalue weighted by Crippen LogP contribution is 2.31. The second-order valence-electron chi connectivity index (χ2n) is 4.39. The first-order valence-corrected chi connectivity index (χ1v) is 5.91. The van der Waals surface area contributed by atoms with E-state index < -0.39 is 29.1 Å². The average molecular weight is 282 g/mol. The van der Waals surface area contributed by atoms with Gasteiger partial charge in [0.25, 0.3) is 0 Å². The first kappa shape index (κ1) is 14.4. The molecule has 1 atom stereocenters. The zero-order chi connectivity index (χ0) is 14.9. The van der Waals surface area contributed by atoms with Crippen LogP contribution in [0.5, 0.6) is 5.75 Å². The molecule has 1 N–H and O–H groups in total. The molecule has 0 saturated carbocycles. The van der Waals surface area contributed by atoms with Gasteiger partial charge >= 0.3 is 0 Å². The summed E-state index contributed by atoms with van der Waals surface area (Å²) >= 11 is 0. The van der Waals surface area contributed by atoms with Gasteiger partial charge in [-0.25, -0.2) is 13.2 Å². The highest BCUT2D eigenvalue weighted by molar-refractivity contribution is 5.38. The molecule has 5 heteroatoms. The van der Waals surface area contributed by atoms with Crippen LogP contribution < -0.4 is 4.74 Å². The summed E-state index contributed by atoms with van der Waals surface area (Å²) in [6.45, 7) is 1.47. The van der Waals surface area contributed by atoms with Crippen molar-refractivity contribution in [1.82, 2.24) is 0 Å². The van der Waals surface area contributed by atoms with Gasteiger partial charge in [0.2, 0.25) is 0 Å². The summed E-state index contributed by atoms with van der Waals surface area (Å²) < 4.78 is 45.8. The maximum absolute atomic E-state index is 14.0. The zero-order valence-electron chi connectivity index (χ0n) is 11.0. The van der Waals surface area contributed by atoms with Gasteiger partial charge in [-0.05, 0) is 36.2 Å². The number of aliphatic hydroxyl groups is 1. The summed E-state index contributed by atoms with van der Waals surface area (Å²) in [4.78, 5) is 0. The van der Waals surface area contributed by atoms with Crippen molar-refractivity contribution in [3.63, 3.8) is 0 Å². The van der Waals surface area contributed by atoms with Crippen LogP contribution in [0, 0.1) is 24.4 Å². The Labute approximate surface area is 114 Å². The SMILES string of the molecule is COc1cc(C(O)c2c(F)ccc(C)c2F)ccc1F. The minimum atomic E-state index is -1.54. The first-order valence-electron chi connectivity index (χ1n) is 5.91. The molecule has 0 radical (unpaired) electrons. The Hall–Kier alpha value is -2.01. The molecule has 20 heavy (non-hydrogen) atoms. The molecule has 0 aliphatic rings. The van der Waals surface area contributed by atoms with Crippen LogP contribution in [0.3, 0.4) is 0 Å². The first-order chi connectivity index (χ1) is 9.45. The van der Waals surface area contributed by atoms with E-state index in [1.54, 1.807) is 0 Å². The Bertz CT molecular complexity index is 641. The normalized spacial score (nSPS) is 12.3. The lowest BCUT2D eigenvalue weighted by molar-refractivity contribution is 0.208. The Morgan fingerprint density at radius 1 is 1.05 bits per heavy atom. The zero-order valence-corrected chi connectivity index (χ0v) is 11.0. The van der Waals surface area contributed by atoms with Gasteiger partial charge in [-0.3, -0.25) is 0 Å². The van der Waals surface area contributed by atoms with Gasteiger partial charge in [-0.1, -0.05) is 12.1 Å². The van der Waals surface area contributed by atoms with E-state index in [1.807, 2.05) is 0 Å². The van der Waals surface area contributed by atoms with E-state index in [0.29, 0.717) is 0 Å². The van der Waals surface area contributed by atoms with Crippen molar-refractivity contribution >= 4 is 0 Å². The van der Waals surface area contributed by atoms with Crippen molar-refractivity contribution in [2.45, 2.75) is 13.0 Å². The van der Waals surface area contributed by atoms with E-state index in [-0.39, 0.29) is 16.9 Å². The fraction of sp³-hybridized carbons (Fsp3) is 0.200. The van der Waals surface area contributed by atoms with Crippen LogP contribution in [0.2, 0.25) is 0 Å². The molecule has 0 fully saturated rings. The standard InChI is InChI=1S/C15H13F3O2/c1-8-3-5-11(17)13(14(8)18)15(19)9-4-6-10(16)12(7-9)20-2/h3-7,15,19H,1-2H3. The van der Waals surface area contributed by atoms with Gasteiger partial charge in [0.1, 0.15) is 17.7 Å². The van der Waals surface area contributed by atoms with E-state index in [4.69, 9.17) is 4.74 Å². The van der Waals surface area contributed by atoms with Gasteiger partial charge in [-0.15, -0.1) is 0 Å². The van der Waals surface area contributed by atoms with Crippen molar-refractivity contribution < 1.29 is 23.0 Å². The fourth-order valence-electron chi connectivity index (χ4n) is 1.94. The molecule has 0 bridgehead atoms. The molecule has 1 unspecified atom stereocenters. The second-order valence-corrected chi connectivity index (χ2v) is 4.39. The minimum Gasteiger partial charge on any atom is -0.494 e. The largest absolute Gasteiger partial charge is 0.494 e. The van der Waals surface area contributed by atoms with Gasteiger partial charge in [0, 0.05) is 0 Å². The predicted octanol–water partition coefficient (Wildman–Crippen LogP) is 3.50.